The summed E-state index contributed by atoms with van der Waals surface area (Å²) in [6, 6.07) is 23.9. The quantitative estimate of drug-likeness (QED) is 0.297. The molecule has 1 fully saturated rings. The van der Waals surface area contributed by atoms with Crippen LogP contribution in [-0.2, 0) is 19.5 Å². The molecule has 2 aromatic carbocycles. The molecule has 1 saturated heterocycles. The summed E-state index contributed by atoms with van der Waals surface area (Å²) in [7, 11) is -0.344. The molecule has 0 aliphatic carbocycles. The zero-order chi connectivity index (χ0) is 26.3. The maximum absolute atomic E-state index is 13.5. The van der Waals surface area contributed by atoms with Crippen LogP contribution in [0.2, 0.25) is 0 Å². The van der Waals surface area contributed by atoms with E-state index in [-0.39, 0.29) is 0 Å². The average Bonchev–Trinajstić information content (AvgIpc) is 3.38. The number of rotatable bonds is 6. The molecule has 10 heteroatoms. The van der Waals surface area contributed by atoms with Crippen LogP contribution in [0, 0.1) is 0 Å². The summed E-state index contributed by atoms with van der Waals surface area (Å²) in [6.07, 6.45) is 2.62. The lowest BCUT2D eigenvalue weighted by Gasteiger charge is -2.39. The van der Waals surface area contributed by atoms with Gasteiger partial charge >= 0.3 is 0 Å². The lowest BCUT2D eigenvalue weighted by Crippen LogP contribution is -2.47. The van der Waals surface area contributed by atoms with Crippen molar-refractivity contribution in [2.45, 2.75) is 27.4 Å². The number of benzene rings is 2. The van der Waals surface area contributed by atoms with Crippen LogP contribution in [0.25, 0.3) is 28.1 Å². The normalized spacial score (nSPS) is 15.9. The van der Waals surface area contributed by atoms with Crippen LogP contribution in [0.4, 0.5) is 0 Å². The van der Waals surface area contributed by atoms with Crippen molar-refractivity contribution in [1.29, 1.82) is 0 Å². The van der Waals surface area contributed by atoms with Crippen molar-refractivity contribution < 1.29 is 13.2 Å². The predicted octanol–water partition coefficient (Wildman–Crippen LogP) is 4.99. The Hall–Kier alpha value is -3.31. The van der Waals surface area contributed by atoms with Gasteiger partial charge in [0.25, 0.3) is 0 Å². The molecule has 194 valence electrons. The third-order valence-corrected chi connectivity index (χ3v) is 10.7. The number of aromatic nitrogens is 4. The van der Waals surface area contributed by atoms with Crippen molar-refractivity contribution in [3.8, 4) is 11.5 Å². The lowest BCUT2D eigenvalue weighted by atomic mass is 9.90. The van der Waals surface area contributed by atoms with Gasteiger partial charge in [-0.2, -0.15) is 0 Å². The second-order valence-electron chi connectivity index (χ2n) is 9.51. The number of pyridine rings is 2. The summed E-state index contributed by atoms with van der Waals surface area (Å²) in [4.78, 5) is 6.49. The fourth-order valence-corrected chi connectivity index (χ4v) is 7.86. The van der Waals surface area contributed by atoms with Crippen LogP contribution in [0.5, 0.6) is 0 Å². The molecule has 5 aromatic rings. The van der Waals surface area contributed by atoms with Crippen molar-refractivity contribution in [3.05, 3.63) is 84.6 Å². The van der Waals surface area contributed by atoms with E-state index in [9.17, 15) is 8.42 Å². The van der Waals surface area contributed by atoms with E-state index in [1.54, 1.807) is 32.1 Å². The SMILES string of the molecule is CN(C)S(=O)(=O)C1(c2cccc(Sc3ccc4c(ccc5nnc(-c6ccccn6)n54)c3)c2)CCOCC1. The highest BCUT2D eigenvalue weighted by molar-refractivity contribution is 7.99. The van der Waals surface area contributed by atoms with Gasteiger partial charge in [0.15, 0.2) is 11.5 Å². The maximum Gasteiger partial charge on any atom is 0.223 e. The number of hydrogen-bond acceptors (Lipinski definition) is 7. The van der Waals surface area contributed by atoms with Gasteiger partial charge in [-0.05, 0) is 78.4 Å². The molecule has 0 unspecified atom stereocenters. The van der Waals surface area contributed by atoms with E-state index >= 15 is 0 Å². The zero-order valence-electron chi connectivity index (χ0n) is 21.1. The Balaban J connectivity index is 1.37. The molecule has 4 heterocycles. The molecular formula is C28H27N5O3S2. The van der Waals surface area contributed by atoms with Gasteiger partial charge in [-0.15, -0.1) is 10.2 Å². The van der Waals surface area contributed by atoms with Crippen molar-refractivity contribution in [1.82, 2.24) is 23.9 Å². The van der Waals surface area contributed by atoms with Gasteiger partial charge in [0.1, 0.15) is 10.4 Å². The number of ether oxygens (including phenoxy) is 1. The Morgan fingerprint density at radius 3 is 2.50 bits per heavy atom. The number of hydrogen-bond donors (Lipinski definition) is 0. The molecule has 0 amide bonds. The molecule has 0 N–H and O–H groups in total. The van der Waals surface area contributed by atoms with Gasteiger partial charge < -0.3 is 4.74 Å². The van der Waals surface area contributed by atoms with E-state index in [2.05, 4.69) is 33.4 Å². The first-order valence-electron chi connectivity index (χ1n) is 12.4. The van der Waals surface area contributed by atoms with Gasteiger partial charge in [-0.1, -0.05) is 30.0 Å². The number of nitrogens with zero attached hydrogens (tertiary/aromatic N) is 5. The summed E-state index contributed by atoms with van der Waals surface area (Å²) in [5.41, 5.74) is 3.32. The van der Waals surface area contributed by atoms with Crippen LogP contribution >= 0.6 is 11.8 Å². The van der Waals surface area contributed by atoms with Crippen molar-refractivity contribution in [2.24, 2.45) is 0 Å². The molecule has 1 aliphatic heterocycles. The minimum Gasteiger partial charge on any atom is -0.381 e. The molecule has 6 rings (SSSR count). The second kappa shape index (κ2) is 9.77. The monoisotopic (exact) mass is 545 g/mol. The summed E-state index contributed by atoms with van der Waals surface area (Å²) >= 11 is 1.61. The Labute approximate surface area is 225 Å². The highest BCUT2D eigenvalue weighted by Gasteiger charge is 2.47. The Morgan fingerprint density at radius 1 is 0.921 bits per heavy atom. The van der Waals surface area contributed by atoms with Gasteiger partial charge in [0.2, 0.25) is 10.0 Å². The third kappa shape index (κ3) is 4.17. The Morgan fingerprint density at radius 2 is 1.74 bits per heavy atom. The minimum atomic E-state index is -3.55. The Bertz CT molecular complexity index is 1730. The lowest BCUT2D eigenvalue weighted by molar-refractivity contribution is 0.0726. The highest BCUT2D eigenvalue weighted by Crippen LogP contribution is 2.43. The van der Waals surface area contributed by atoms with Crippen LogP contribution in [0.15, 0.2) is 88.8 Å². The van der Waals surface area contributed by atoms with E-state index in [1.807, 2.05) is 59.0 Å². The summed E-state index contributed by atoms with van der Waals surface area (Å²) in [5, 5.41) is 9.76. The molecule has 0 radical (unpaired) electrons. The topological polar surface area (TPSA) is 89.7 Å². The molecule has 0 bridgehead atoms. The highest BCUT2D eigenvalue weighted by atomic mass is 32.2. The van der Waals surface area contributed by atoms with E-state index in [0.29, 0.717) is 31.9 Å². The van der Waals surface area contributed by atoms with Gasteiger partial charge in [0, 0.05) is 43.3 Å². The van der Waals surface area contributed by atoms with Crippen LogP contribution in [0.3, 0.4) is 0 Å². The molecule has 0 atom stereocenters. The van der Waals surface area contributed by atoms with Crippen molar-refractivity contribution >= 4 is 38.3 Å². The van der Waals surface area contributed by atoms with Gasteiger partial charge in [-0.3, -0.25) is 9.38 Å². The van der Waals surface area contributed by atoms with E-state index in [1.165, 1.54) is 4.31 Å². The molecule has 8 nitrogen and oxygen atoms in total. The predicted molar refractivity (Wildman–Crippen MR) is 149 cm³/mol. The standard InChI is InChI=1S/C28H27N5O3S2/c1-32(2)38(34,35)28(13-16-36-17-14-28)21-6-5-7-22(19-21)37-23-10-11-25-20(18-23)9-12-26-30-31-27(33(25)26)24-8-3-4-15-29-24/h3-12,15,18-19H,13-14,16-17H2,1-2H3. The first kappa shape index (κ1) is 25.0. The van der Waals surface area contributed by atoms with E-state index in [4.69, 9.17) is 4.74 Å². The minimum absolute atomic E-state index is 0.424. The maximum atomic E-state index is 13.5. The molecule has 1 aliphatic rings. The van der Waals surface area contributed by atoms with E-state index in [0.717, 1.165) is 37.6 Å². The molecule has 0 spiro atoms. The van der Waals surface area contributed by atoms with Crippen molar-refractivity contribution in [3.63, 3.8) is 0 Å². The smallest absolute Gasteiger partial charge is 0.223 e. The first-order valence-corrected chi connectivity index (χ1v) is 14.6. The summed E-state index contributed by atoms with van der Waals surface area (Å²) < 4.78 is 34.9. The van der Waals surface area contributed by atoms with Gasteiger partial charge in [0.05, 0.1) is 5.52 Å². The van der Waals surface area contributed by atoms with Crippen molar-refractivity contribution in [2.75, 3.05) is 27.3 Å². The van der Waals surface area contributed by atoms with E-state index < -0.39 is 14.8 Å². The fourth-order valence-electron chi connectivity index (χ4n) is 5.13. The fraction of sp³-hybridized carbons (Fsp3) is 0.250. The molecular weight excluding hydrogens is 518 g/mol. The van der Waals surface area contributed by atoms with Gasteiger partial charge in [-0.25, -0.2) is 12.7 Å². The van der Waals surface area contributed by atoms with Crippen LogP contribution < -0.4 is 0 Å². The number of fused-ring (bicyclic) bond motifs is 3. The second-order valence-corrected chi connectivity index (χ2v) is 13.1. The molecule has 0 saturated carbocycles. The Kier molecular flexibility index (Phi) is 6.43. The summed E-state index contributed by atoms with van der Waals surface area (Å²) in [6.45, 7) is 0.848. The average molecular weight is 546 g/mol. The third-order valence-electron chi connectivity index (χ3n) is 7.10. The molecule has 38 heavy (non-hydrogen) atoms. The van der Waals surface area contributed by atoms with Crippen LogP contribution in [-0.4, -0.2) is 59.6 Å². The zero-order valence-corrected chi connectivity index (χ0v) is 22.7. The summed E-state index contributed by atoms with van der Waals surface area (Å²) in [5.74, 6) is 0.697. The molecule has 3 aromatic heterocycles. The largest absolute Gasteiger partial charge is 0.381 e. The number of sulfonamides is 1. The van der Waals surface area contributed by atoms with Crippen LogP contribution in [0.1, 0.15) is 18.4 Å². The first-order chi connectivity index (χ1) is 18.4.